The van der Waals surface area contributed by atoms with E-state index in [9.17, 15) is 0 Å². The van der Waals surface area contributed by atoms with Gasteiger partial charge in [-0.15, -0.1) is 6.58 Å². The van der Waals surface area contributed by atoms with Crippen LogP contribution in [-0.4, -0.2) is 25.4 Å². The molecule has 0 aliphatic heterocycles. The maximum Gasteiger partial charge on any atom is 0.119 e. The van der Waals surface area contributed by atoms with Gasteiger partial charge in [-0.1, -0.05) is 32.6 Å². The molecule has 1 unspecified atom stereocenters. The second-order valence-electron chi connectivity index (χ2n) is 4.50. The summed E-state index contributed by atoms with van der Waals surface area (Å²) in [5, 5.41) is 8.78. The van der Waals surface area contributed by atoms with Crippen molar-refractivity contribution < 1.29 is 0 Å². The van der Waals surface area contributed by atoms with E-state index in [1.54, 1.807) is 0 Å². The van der Waals surface area contributed by atoms with E-state index in [1.807, 2.05) is 6.08 Å². The Morgan fingerprint density at radius 2 is 2.07 bits per heavy atom. The minimum Gasteiger partial charge on any atom is -0.320 e. The van der Waals surface area contributed by atoms with Gasteiger partial charge in [0.15, 0.2) is 0 Å². The molecule has 80 valence electrons. The largest absolute Gasteiger partial charge is 0.320 e. The van der Waals surface area contributed by atoms with Crippen LogP contribution >= 0.6 is 0 Å². The highest BCUT2D eigenvalue weighted by Gasteiger charge is 2.28. The summed E-state index contributed by atoms with van der Waals surface area (Å²) in [4.78, 5) is 0. The fourth-order valence-corrected chi connectivity index (χ4v) is 4.14. The zero-order chi connectivity index (χ0) is 11.2. The van der Waals surface area contributed by atoms with Crippen LogP contribution in [0.5, 0.6) is 0 Å². The zero-order valence-electron chi connectivity index (χ0n) is 9.88. The molecular weight excluding hydrogens is 188 g/mol. The lowest BCUT2D eigenvalue weighted by atomic mass is 10.1. The Morgan fingerprint density at radius 1 is 1.50 bits per heavy atom. The Bertz CT molecular complexity index is 212. The van der Waals surface area contributed by atoms with Crippen molar-refractivity contribution in [3.8, 4) is 6.07 Å². The molecular formula is C11H22N2Si. The molecule has 0 aromatic heterocycles. The Balaban J connectivity index is 4.58. The van der Waals surface area contributed by atoms with Crippen molar-refractivity contribution in [2.45, 2.75) is 45.4 Å². The van der Waals surface area contributed by atoms with E-state index in [-0.39, 0.29) is 0 Å². The molecule has 0 fully saturated rings. The smallest absolute Gasteiger partial charge is 0.119 e. The van der Waals surface area contributed by atoms with Crippen LogP contribution in [0.3, 0.4) is 0 Å². The lowest BCUT2D eigenvalue weighted by molar-refractivity contribution is 0.333. The average Bonchev–Trinajstić information content (AvgIpc) is 2.03. The first kappa shape index (κ1) is 13.4. The van der Waals surface area contributed by atoms with Gasteiger partial charge in [0.2, 0.25) is 0 Å². The molecule has 0 saturated carbocycles. The molecule has 0 bridgehead atoms. The summed E-state index contributed by atoms with van der Waals surface area (Å²) in [7, 11) is -1.29. The van der Waals surface area contributed by atoms with Crippen molar-refractivity contribution >= 4 is 8.24 Å². The van der Waals surface area contributed by atoms with E-state index in [2.05, 4.69) is 43.8 Å². The maximum atomic E-state index is 8.78. The summed E-state index contributed by atoms with van der Waals surface area (Å²) in [6, 6.07) is 2.64. The molecule has 0 radical (unpaired) electrons. The summed E-state index contributed by atoms with van der Waals surface area (Å²) in [5.41, 5.74) is 0. The monoisotopic (exact) mass is 210 g/mol. The van der Waals surface area contributed by atoms with Gasteiger partial charge in [-0.05, 0) is 13.0 Å². The van der Waals surface area contributed by atoms with Gasteiger partial charge in [0.25, 0.3) is 0 Å². The van der Waals surface area contributed by atoms with Crippen LogP contribution in [0.15, 0.2) is 12.7 Å². The van der Waals surface area contributed by atoms with Gasteiger partial charge in [0.1, 0.15) is 8.24 Å². The van der Waals surface area contributed by atoms with E-state index in [0.717, 1.165) is 13.0 Å². The number of rotatable bonds is 6. The predicted molar refractivity (Wildman–Crippen MR) is 64.6 cm³/mol. The Kier molecular flexibility index (Phi) is 5.74. The fraction of sp³-hybridized carbons (Fsp3) is 0.727. The predicted octanol–water partition coefficient (Wildman–Crippen LogP) is 3.00. The number of nitrogens with zero attached hydrogens (tertiary/aromatic N) is 2. The molecule has 14 heavy (non-hydrogen) atoms. The van der Waals surface area contributed by atoms with Crippen molar-refractivity contribution in [1.29, 1.82) is 5.26 Å². The van der Waals surface area contributed by atoms with E-state index in [0.29, 0.717) is 12.5 Å². The molecule has 0 spiro atoms. The van der Waals surface area contributed by atoms with Gasteiger partial charge in [0, 0.05) is 6.04 Å². The standard InChI is InChI=1S/C11H22N2Si/c1-6-8-11(9-10-12)13(7-2)14(3,4)5/h6,11H,1,7-9H2,2-5H3. The SMILES string of the molecule is C=CCC(CC#N)N(CC)[Si](C)(C)C. The van der Waals surface area contributed by atoms with Crippen LogP contribution in [0.25, 0.3) is 0 Å². The highest BCUT2D eigenvalue weighted by molar-refractivity contribution is 6.73. The Hall–Kier alpha value is -0.593. The first-order valence-corrected chi connectivity index (χ1v) is 8.66. The molecule has 0 saturated heterocycles. The van der Waals surface area contributed by atoms with E-state index in [4.69, 9.17) is 5.26 Å². The molecule has 1 atom stereocenters. The fourth-order valence-electron chi connectivity index (χ4n) is 1.90. The number of hydrogen-bond donors (Lipinski definition) is 0. The highest BCUT2D eigenvalue weighted by atomic mass is 28.3. The second-order valence-corrected chi connectivity index (χ2v) is 9.41. The van der Waals surface area contributed by atoms with Crippen LogP contribution in [0.2, 0.25) is 19.6 Å². The third-order valence-electron chi connectivity index (χ3n) is 2.41. The molecule has 0 rings (SSSR count). The number of hydrogen-bond acceptors (Lipinski definition) is 2. The van der Waals surface area contributed by atoms with Crippen molar-refractivity contribution in [2.75, 3.05) is 6.54 Å². The molecule has 0 N–H and O–H groups in total. The highest BCUT2D eigenvalue weighted by Crippen LogP contribution is 2.18. The molecule has 0 aromatic carbocycles. The van der Waals surface area contributed by atoms with Crippen molar-refractivity contribution in [1.82, 2.24) is 4.57 Å². The van der Waals surface area contributed by atoms with Crippen LogP contribution in [0.1, 0.15) is 19.8 Å². The topological polar surface area (TPSA) is 27.0 Å². The van der Waals surface area contributed by atoms with Crippen LogP contribution < -0.4 is 0 Å². The molecule has 3 heteroatoms. The minimum atomic E-state index is -1.29. The van der Waals surface area contributed by atoms with E-state index >= 15 is 0 Å². The van der Waals surface area contributed by atoms with Gasteiger partial charge < -0.3 is 4.57 Å². The summed E-state index contributed by atoms with van der Waals surface area (Å²) in [6.07, 6.45) is 3.46. The molecule has 0 aromatic rings. The van der Waals surface area contributed by atoms with E-state index < -0.39 is 8.24 Å². The molecule has 0 amide bonds. The van der Waals surface area contributed by atoms with Crippen molar-refractivity contribution in [2.24, 2.45) is 0 Å². The third-order valence-corrected chi connectivity index (χ3v) is 4.81. The first-order valence-electron chi connectivity index (χ1n) is 5.22. The molecule has 0 aliphatic carbocycles. The summed E-state index contributed by atoms with van der Waals surface area (Å²) in [6.45, 7) is 13.9. The van der Waals surface area contributed by atoms with Crippen LogP contribution in [-0.2, 0) is 0 Å². The van der Waals surface area contributed by atoms with Crippen molar-refractivity contribution in [3.63, 3.8) is 0 Å². The number of nitriles is 1. The van der Waals surface area contributed by atoms with Gasteiger partial charge in [-0.25, -0.2) is 0 Å². The molecule has 0 aliphatic rings. The summed E-state index contributed by atoms with van der Waals surface area (Å²) < 4.78 is 2.50. The normalized spacial score (nSPS) is 13.7. The zero-order valence-corrected chi connectivity index (χ0v) is 10.9. The third kappa shape index (κ3) is 4.08. The first-order chi connectivity index (χ1) is 6.47. The van der Waals surface area contributed by atoms with Gasteiger partial charge in [0.05, 0.1) is 12.5 Å². The summed E-state index contributed by atoms with van der Waals surface area (Å²) >= 11 is 0. The Labute approximate surface area is 89.3 Å². The quantitative estimate of drug-likeness (QED) is 0.498. The molecule has 2 nitrogen and oxygen atoms in total. The van der Waals surface area contributed by atoms with Crippen molar-refractivity contribution in [3.05, 3.63) is 12.7 Å². The minimum absolute atomic E-state index is 0.370. The van der Waals surface area contributed by atoms with Gasteiger partial charge >= 0.3 is 0 Å². The van der Waals surface area contributed by atoms with Gasteiger partial charge in [-0.3, -0.25) is 0 Å². The van der Waals surface area contributed by atoms with Crippen LogP contribution in [0, 0.1) is 11.3 Å². The maximum absolute atomic E-state index is 8.78. The Morgan fingerprint density at radius 3 is 2.36 bits per heavy atom. The van der Waals surface area contributed by atoms with E-state index in [1.165, 1.54) is 0 Å². The lowest BCUT2D eigenvalue weighted by Crippen LogP contribution is -2.51. The average molecular weight is 210 g/mol. The molecule has 0 heterocycles. The second kappa shape index (κ2) is 6.00. The van der Waals surface area contributed by atoms with Gasteiger partial charge in [-0.2, -0.15) is 5.26 Å². The lowest BCUT2D eigenvalue weighted by Gasteiger charge is -2.38. The summed E-state index contributed by atoms with van der Waals surface area (Å²) in [5.74, 6) is 0. The van der Waals surface area contributed by atoms with Crippen LogP contribution in [0.4, 0.5) is 0 Å².